The van der Waals surface area contributed by atoms with Crippen molar-refractivity contribution in [2.75, 3.05) is 5.43 Å². The smallest absolute Gasteiger partial charge is 0.373 e. The first-order chi connectivity index (χ1) is 5.24. The quantitative estimate of drug-likeness (QED) is 0.404. The van der Waals surface area contributed by atoms with Crippen molar-refractivity contribution in [2.24, 2.45) is 5.10 Å². The zero-order valence-electron chi connectivity index (χ0n) is 5.40. The molecule has 7 nitrogen and oxygen atoms in total. The first kappa shape index (κ1) is 7.19. The highest BCUT2D eigenvalue weighted by molar-refractivity contribution is 5.83. The maximum absolute atomic E-state index is 10.2. The second-order valence-electron chi connectivity index (χ2n) is 1.58. The largest absolute Gasteiger partial charge is 0.475 e. The lowest BCUT2D eigenvalue weighted by Crippen LogP contribution is -1.98. The molecule has 0 saturated heterocycles. The first-order valence-electron chi connectivity index (χ1n) is 2.61. The number of aromatic nitrogens is 3. The second kappa shape index (κ2) is 2.78. The number of hydrogen-bond donors (Lipinski definition) is 3. The highest BCUT2D eigenvalue weighted by Crippen LogP contribution is 1.96. The number of aromatic amines is 1. The van der Waals surface area contributed by atoms with Crippen LogP contribution in [0.2, 0.25) is 0 Å². The van der Waals surface area contributed by atoms with Crippen LogP contribution in [0.15, 0.2) is 5.10 Å². The monoisotopic (exact) mass is 155 g/mol. The summed E-state index contributed by atoms with van der Waals surface area (Å²) in [7, 11) is 0. The zero-order valence-corrected chi connectivity index (χ0v) is 5.40. The Labute approximate surface area is 61.1 Å². The fourth-order valence-electron chi connectivity index (χ4n) is 0.478. The van der Waals surface area contributed by atoms with Crippen molar-refractivity contribution in [1.82, 2.24) is 15.2 Å². The summed E-state index contributed by atoms with van der Waals surface area (Å²) in [6.45, 7) is 3.11. The number of anilines is 1. The van der Waals surface area contributed by atoms with Gasteiger partial charge in [0, 0.05) is 6.72 Å². The van der Waals surface area contributed by atoms with Crippen LogP contribution in [0.25, 0.3) is 0 Å². The molecule has 1 heterocycles. The number of nitrogens with one attached hydrogen (secondary N) is 2. The minimum absolute atomic E-state index is 0.0809. The highest BCUT2D eigenvalue weighted by atomic mass is 16.4. The molecule has 1 aromatic heterocycles. The van der Waals surface area contributed by atoms with Crippen molar-refractivity contribution >= 4 is 18.6 Å². The Bertz CT molecular complexity index is 280. The van der Waals surface area contributed by atoms with Crippen molar-refractivity contribution in [1.29, 1.82) is 0 Å². The summed E-state index contributed by atoms with van der Waals surface area (Å²) in [5, 5.41) is 17.2. The highest BCUT2D eigenvalue weighted by Gasteiger charge is 2.07. The molecule has 0 amide bonds. The molecular formula is C4H5N5O2. The molecule has 0 aromatic carbocycles. The van der Waals surface area contributed by atoms with Gasteiger partial charge < -0.3 is 5.11 Å². The average Bonchev–Trinajstić information content (AvgIpc) is 2.37. The van der Waals surface area contributed by atoms with E-state index in [0.29, 0.717) is 0 Å². The van der Waals surface area contributed by atoms with E-state index in [1.165, 1.54) is 0 Å². The van der Waals surface area contributed by atoms with Gasteiger partial charge in [-0.3, -0.25) is 5.10 Å². The van der Waals surface area contributed by atoms with Crippen LogP contribution in [0.4, 0.5) is 5.95 Å². The lowest BCUT2D eigenvalue weighted by atomic mass is 10.6. The molecular weight excluding hydrogens is 150 g/mol. The van der Waals surface area contributed by atoms with E-state index < -0.39 is 5.97 Å². The van der Waals surface area contributed by atoms with Gasteiger partial charge in [-0.05, 0) is 0 Å². The molecule has 0 aliphatic carbocycles. The van der Waals surface area contributed by atoms with Gasteiger partial charge in [0.05, 0.1) is 0 Å². The third kappa shape index (κ3) is 1.51. The van der Waals surface area contributed by atoms with E-state index in [1.54, 1.807) is 0 Å². The molecule has 0 saturated carbocycles. The lowest BCUT2D eigenvalue weighted by molar-refractivity contribution is 0.0684. The molecule has 1 rings (SSSR count). The van der Waals surface area contributed by atoms with E-state index in [2.05, 4.69) is 32.4 Å². The number of hydrazone groups is 1. The Kier molecular flexibility index (Phi) is 1.81. The molecule has 58 valence electrons. The van der Waals surface area contributed by atoms with E-state index in [4.69, 9.17) is 5.11 Å². The number of aromatic carboxylic acids is 1. The number of nitrogens with zero attached hydrogens (tertiary/aromatic N) is 3. The van der Waals surface area contributed by atoms with Crippen LogP contribution in [0.5, 0.6) is 0 Å². The van der Waals surface area contributed by atoms with Crippen LogP contribution >= 0.6 is 0 Å². The third-order valence-electron chi connectivity index (χ3n) is 0.867. The number of carbonyl (C=O) groups is 1. The lowest BCUT2D eigenvalue weighted by Gasteiger charge is -1.85. The van der Waals surface area contributed by atoms with Gasteiger partial charge in [-0.1, -0.05) is 0 Å². The van der Waals surface area contributed by atoms with Crippen molar-refractivity contribution in [3.63, 3.8) is 0 Å². The third-order valence-corrected chi connectivity index (χ3v) is 0.867. The van der Waals surface area contributed by atoms with Gasteiger partial charge in [0.25, 0.3) is 5.95 Å². The van der Waals surface area contributed by atoms with Crippen LogP contribution in [0.1, 0.15) is 10.6 Å². The minimum atomic E-state index is -1.17. The minimum Gasteiger partial charge on any atom is -0.475 e. The first-order valence-corrected chi connectivity index (χ1v) is 2.61. The SMILES string of the molecule is C=NNc1n[nH]c(C(=O)O)n1. The van der Waals surface area contributed by atoms with E-state index in [1.807, 2.05) is 0 Å². The van der Waals surface area contributed by atoms with Crippen molar-refractivity contribution in [2.45, 2.75) is 0 Å². The van der Waals surface area contributed by atoms with Gasteiger partial charge in [-0.15, -0.1) is 5.10 Å². The van der Waals surface area contributed by atoms with Gasteiger partial charge in [-0.2, -0.15) is 10.1 Å². The molecule has 7 heteroatoms. The fraction of sp³-hybridized carbons (Fsp3) is 0. The van der Waals surface area contributed by atoms with Crippen LogP contribution in [-0.2, 0) is 0 Å². The van der Waals surface area contributed by atoms with Gasteiger partial charge in [0.1, 0.15) is 0 Å². The summed E-state index contributed by atoms with van der Waals surface area (Å²) in [5.74, 6) is -1.33. The molecule has 0 radical (unpaired) electrons. The maximum atomic E-state index is 10.2. The normalized spacial score (nSPS) is 9.09. The Morgan fingerprint density at radius 3 is 3.00 bits per heavy atom. The van der Waals surface area contributed by atoms with Crippen LogP contribution in [0, 0.1) is 0 Å². The molecule has 11 heavy (non-hydrogen) atoms. The Morgan fingerprint density at radius 1 is 1.82 bits per heavy atom. The molecule has 0 atom stereocenters. The standard InChI is InChI=1S/C4H5N5O2/c1-5-8-4-6-2(3(10)11)7-9-4/h1H2,(H,10,11)(H2,6,7,8,9). The molecule has 0 spiro atoms. The molecule has 0 aliphatic rings. The maximum Gasteiger partial charge on any atom is 0.373 e. The number of carboxylic acid groups (broad SMARTS) is 1. The predicted molar refractivity (Wildman–Crippen MR) is 36.5 cm³/mol. The van der Waals surface area contributed by atoms with Crippen LogP contribution < -0.4 is 5.43 Å². The number of H-pyrrole nitrogens is 1. The number of hydrogen-bond acceptors (Lipinski definition) is 5. The molecule has 0 unspecified atom stereocenters. The summed E-state index contributed by atoms with van der Waals surface area (Å²) in [4.78, 5) is 13.7. The van der Waals surface area contributed by atoms with E-state index in [0.717, 1.165) is 0 Å². The van der Waals surface area contributed by atoms with Crippen molar-refractivity contribution in [3.8, 4) is 0 Å². The molecule has 0 aliphatic heterocycles. The number of carboxylic acids is 1. The average molecular weight is 155 g/mol. The Hall–Kier alpha value is -1.92. The van der Waals surface area contributed by atoms with E-state index >= 15 is 0 Å². The Morgan fingerprint density at radius 2 is 2.55 bits per heavy atom. The summed E-state index contributed by atoms with van der Waals surface area (Å²) < 4.78 is 0. The van der Waals surface area contributed by atoms with Gasteiger partial charge >= 0.3 is 5.97 Å². The fourth-order valence-corrected chi connectivity index (χ4v) is 0.478. The summed E-state index contributed by atoms with van der Waals surface area (Å²) in [6, 6.07) is 0. The molecule has 0 fully saturated rings. The molecule has 1 aromatic rings. The van der Waals surface area contributed by atoms with Crippen molar-refractivity contribution in [3.05, 3.63) is 5.82 Å². The van der Waals surface area contributed by atoms with Crippen LogP contribution in [-0.4, -0.2) is 33.0 Å². The summed E-state index contributed by atoms with van der Waals surface area (Å²) >= 11 is 0. The second-order valence-corrected chi connectivity index (χ2v) is 1.58. The van der Waals surface area contributed by atoms with Crippen molar-refractivity contribution < 1.29 is 9.90 Å². The van der Waals surface area contributed by atoms with Gasteiger partial charge in [0.2, 0.25) is 5.82 Å². The van der Waals surface area contributed by atoms with Gasteiger partial charge in [0.15, 0.2) is 0 Å². The Balaban J connectivity index is 2.81. The molecule has 0 bridgehead atoms. The van der Waals surface area contributed by atoms with Gasteiger partial charge in [-0.25, -0.2) is 10.2 Å². The van der Waals surface area contributed by atoms with Crippen LogP contribution in [0.3, 0.4) is 0 Å². The zero-order chi connectivity index (χ0) is 8.27. The molecule has 3 N–H and O–H groups in total. The summed E-state index contributed by atoms with van der Waals surface area (Å²) in [6.07, 6.45) is 0. The predicted octanol–water partition coefficient (Wildman–Crippen LogP) is -0.470. The van der Waals surface area contributed by atoms with E-state index in [-0.39, 0.29) is 11.8 Å². The summed E-state index contributed by atoms with van der Waals surface area (Å²) in [5.41, 5.74) is 2.28. The topological polar surface area (TPSA) is 103 Å². The number of rotatable bonds is 3. The van der Waals surface area contributed by atoms with E-state index in [9.17, 15) is 4.79 Å².